The molecule has 3 aliphatic rings. The summed E-state index contributed by atoms with van der Waals surface area (Å²) in [6, 6.07) is 16.0. The van der Waals surface area contributed by atoms with Gasteiger partial charge in [0.1, 0.15) is 23.5 Å². The molecule has 2 fully saturated rings. The minimum Gasteiger partial charge on any atom is -0.356 e. The van der Waals surface area contributed by atoms with Gasteiger partial charge in [-0.2, -0.15) is 9.61 Å². The Bertz CT molecular complexity index is 1560. The third kappa shape index (κ3) is 3.85. The van der Waals surface area contributed by atoms with Gasteiger partial charge in [-0.05, 0) is 67.3 Å². The second kappa shape index (κ2) is 8.89. The Labute approximate surface area is 219 Å². The number of carbonyl (C=O) groups is 1. The van der Waals surface area contributed by atoms with Gasteiger partial charge in [0.05, 0.1) is 18.3 Å². The van der Waals surface area contributed by atoms with Gasteiger partial charge in [-0.3, -0.25) is 4.79 Å². The average molecular weight is 514 g/mol. The summed E-state index contributed by atoms with van der Waals surface area (Å²) >= 11 is 0. The van der Waals surface area contributed by atoms with E-state index < -0.39 is 6.17 Å². The van der Waals surface area contributed by atoms with Crippen molar-refractivity contribution in [1.29, 1.82) is 0 Å². The summed E-state index contributed by atoms with van der Waals surface area (Å²) in [7, 11) is 0. The molecule has 2 aliphatic heterocycles. The van der Waals surface area contributed by atoms with Gasteiger partial charge in [0.25, 0.3) is 5.91 Å². The number of carbonyl (C=O) groups excluding carboxylic acids is 1. The fourth-order valence-corrected chi connectivity index (χ4v) is 5.96. The molecule has 2 aromatic heterocycles. The van der Waals surface area contributed by atoms with Crippen LogP contribution in [-0.2, 0) is 0 Å². The topological polar surface area (TPSA) is 53.7 Å². The van der Waals surface area contributed by atoms with Gasteiger partial charge in [-0.15, -0.1) is 0 Å². The molecule has 194 valence electrons. The first-order chi connectivity index (χ1) is 18.5. The highest BCUT2D eigenvalue weighted by atomic mass is 19.1. The standard InChI is InChI=1S/C30H29F2N5O/c1-18-21-6-2-3-7-22(21)25(32)17-36(18)30(38)27-16-29(35-12-4-5-13-35)37-28(33-27)15-26(34-37)23-11-10-20(14-24(23)31)19-8-9-19/h2-3,6-7,10-11,14-16,18-19,25H,4-5,8-9,12-13,17H2,1H3. The lowest BCUT2D eigenvalue weighted by Gasteiger charge is -2.37. The number of fused-ring (bicyclic) bond motifs is 2. The number of alkyl halides is 1. The fourth-order valence-electron chi connectivity index (χ4n) is 5.96. The van der Waals surface area contributed by atoms with Crippen LogP contribution < -0.4 is 4.90 Å². The Balaban J connectivity index is 1.30. The summed E-state index contributed by atoms with van der Waals surface area (Å²) in [4.78, 5) is 22.2. The molecule has 1 amide bonds. The molecule has 1 saturated heterocycles. The number of nitrogens with zero attached hydrogens (tertiary/aromatic N) is 5. The van der Waals surface area contributed by atoms with Gasteiger partial charge in [-0.25, -0.2) is 13.8 Å². The van der Waals surface area contributed by atoms with Crippen LogP contribution in [0.1, 0.15) is 77.9 Å². The van der Waals surface area contributed by atoms with E-state index in [-0.39, 0.29) is 30.0 Å². The number of aromatic nitrogens is 3. The summed E-state index contributed by atoms with van der Waals surface area (Å²) in [6.45, 7) is 3.58. The van der Waals surface area contributed by atoms with E-state index in [1.807, 2.05) is 31.2 Å². The van der Waals surface area contributed by atoms with E-state index in [9.17, 15) is 4.79 Å². The van der Waals surface area contributed by atoms with E-state index in [4.69, 9.17) is 5.10 Å². The summed E-state index contributed by atoms with van der Waals surface area (Å²) in [5.41, 5.74) is 4.10. The number of rotatable bonds is 4. The molecule has 4 aromatic rings. The summed E-state index contributed by atoms with van der Waals surface area (Å²) in [6.07, 6.45) is 3.05. The van der Waals surface area contributed by atoms with Gasteiger partial charge in [0.15, 0.2) is 5.65 Å². The Morgan fingerprint density at radius 1 is 1.00 bits per heavy atom. The number of hydrogen-bond acceptors (Lipinski definition) is 4. The van der Waals surface area contributed by atoms with Gasteiger partial charge in [0.2, 0.25) is 0 Å². The lowest BCUT2D eigenvalue weighted by molar-refractivity contribution is 0.0585. The first-order valence-electron chi connectivity index (χ1n) is 13.5. The maximum absolute atomic E-state index is 15.1. The van der Waals surface area contributed by atoms with Crippen molar-refractivity contribution >= 4 is 17.4 Å². The summed E-state index contributed by atoms with van der Waals surface area (Å²) in [5, 5.41) is 4.74. The van der Waals surface area contributed by atoms with Gasteiger partial charge < -0.3 is 9.80 Å². The molecule has 7 rings (SSSR count). The molecule has 1 saturated carbocycles. The lowest BCUT2D eigenvalue weighted by Crippen LogP contribution is -2.40. The van der Waals surface area contributed by atoms with Crippen molar-refractivity contribution in [3.05, 3.63) is 82.8 Å². The van der Waals surface area contributed by atoms with E-state index >= 15 is 8.78 Å². The molecular weight excluding hydrogens is 484 g/mol. The maximum atomic E-state index is 15.1. The van der Waals surface area contributed by atoms with Crippen LogP contribution in [0.4, 0.5) is 14.6 Å². The Kier molecular flexibility index (Phi) is 5.46. The van der Waals surface area contributed by atoms with Crippen LogP contribution in [0.25, 0.3) is 16.9 Å². The van der Waals surface area contributed by atoms with Crippen LogP contribution in [0, 0.1) is 5.82 Å². The predicted octanol–water partition coefficient (Wildman–Crippen LogP) is 6.24. The summed E-state index contributed by atoms with van der Waals surface area (Å²) in [5.74, 6) is 0.593. The highest BCUT2D eigenvalue weighted by molar-refractivity contribution is 5.94. The monoisotopic (exact) mass is 513 g/mol. The van der Waals surface area contributed by atoms with Crippen molar-refractivity contribution < 1.29 is 13.6 Å². The molecule has 8 heteroatoms. The normalized spacial score (nSPS) is 21.2. The Morgan fingerprint density at radius 2 is 1.76 bits per heavy atom. The molecule has 38 heavy (non-hydrogen) atoms. The van der Waals surface area contributed by atoms with Crippen LogP contribution in [0.2, 0.25) is 0 Å². The number of halogens is 2. The van der Waals surface area contributed by atoms with Crippen molar-refractivity contribution in [3.8, 4) is 11.3 Å². The van der Waals surface area contributed by atoms with E-state index in [1.54, 1.807) is 39.7 Å². The van der Waals surface area contributed by atoms with E-state index in [1.165, 1.54) is 0 Å². The number of anilines is 1. The second-order valence-electron chi connectivity index (χ2n) is 10.7. The maximum Gasteiger partial charge on any atom is 0.273 e. The average Bonchev–Trinajstić information content (AvgIpc) is 3.46. The quantitative estimate of drug-likeness (QED) is 0.324. The number of hydrogen-bond donors (Lipinski definition) is 0. The first-order valence-corrected chi connectivity index (χ1v) is 13.5. The minimum absolute atomic E-state index is 0.0218. The van der Waals surface area contributed by atoms with Crippen LogP contribution in [0.3, 0.4) is 0 Å². The molecule has 0 bridgehead atoms. The molecule has 4 heterocycles. The Hall–Kier alpha value is -3.81. The highest BCUT2D eigenvalue weighted by Crippen LogP contribution is 2.41. The molecule has 1 aliphatic carbocycles. The SMILES string of the molecule is CC1c2ccccc2C(F)CN1C(=O)c1cc(N2CCCC2)n2nc(-c3ccc(C4CC4)cc3F)cc2n1. The number of amides is 1. The lowest BCUT2D eigenvalue weighted by atomic mass is 9.92. The molecule has 2 atom stereocenters. The van der Waals surface area contributed by atoms with Gasteiger partial charge >= 0.3 is 0 Å². The van der Waals surface area contributed by atoms with Crippen molar-refractivity contribution in [1.82, 2.24) is 19.5 Å². The van der Waals surface area contributed by atoms with Crippen molar-refractivity contribution in [2.45, 2.75) is 50.7 Å². The molecule has 0 N–H and O–H groups in total. The smallest absolute Gasteiger partial charge is 0.273 e. The third-order valence-electron chi connectivity index (χ3n) is 8.24. The zero-order chi connectivity index (χ0) is 26.0. The zero-order valence-corrected chi connectivity index (χ0v) is 21.3. The summed E-state index contributed by atoms with van der Waals surface area (Å²) < 4.78 is 31.9. The molecule has 0 radical (unpaired) electrons. The van der Waals surface area contributed by atoms with Crippen LogP contribution in [0.5, 0.6) is 0 Å². The Morgan fingerprint density at radius 3 is 2.50 bits per heavy atom. The minimum atomic E-state index is -1.25. The number of benzene rings is 2. The molecule has 2 unspecified atom stereocenters. The molecule has 0 spiro atoms. The zero-order valence-electron chi connectivity index (χ0n) is 21.3. The fraction of sp³-hybridized carbons (Fsp3) is 0.367. The molecular formula is C30H29F2N5O. The first kappa shape index (κ1) is 23.3. The molecule has 6 nitrogen and oxygen atoms in total. The van der Waals surface area contributed by atoms with E-state index in [0.29, 0.717) is 28.4 Å². The molecule has 2 aromatic carbocycles. The van der Waals surface area contributed by atoms with Gasteiger partial charge in [0, 0.05) is 30.8 Å². The van der Waals surface area contributed by atoms with Crippen LogP contribution in [-0.4, -0.2) is 45.0 Å². The van der Waals surface area contributed by atoms with E-state index in [0.717, 1.165) is 55.7 Å². The van der Waals surface area contributed by atoms with Crippen LogP contribution in [0.15, 0.2) is 54.6 Å². The third-order valence-corrected chi connectivity index (χ3v) is 8.24. The van der Waals surface area contributed by atoms with Gasteiger partial charge in [-0.1, -0.05) is 30.3 Å². The van der Waals surface area contributed by atoms with Crippen LogP contribution >= 0.6 is 0 Å². The van der Waals surface area contributed by atoms with Crippen molar-refractivity contribution in [2.24, 2.45) is 0 Å². The largest absolute Gasteiger partial charge is 0.356 e. The van der Waals surface area contributed by atoms with Crippen molar-refractivity contribution in [3.63, 3.8) is 0 Å². The second-order valence-corrected chi connectivity index (χ2v) is 10.7. The highest BCUT2D eigenvalue weighted by Gasteiger charge is 2.35. The van der Waals surface area contributed by atoms with Crippen molar-refractivity contribution in [2.75, 3.05) is 24.5 Å². The predicted molar refractivity (Wildman–Crippen MR) is 142 cm³/mol. The van der Waals surface area contributed by atoms with E-state index in [2.05, 4.69) is 9.88 Å².